The first kappa shape index (κ1) is 14.8. The Kier molecular flexibility index (Phi) is 3.78. The van der Waals surface area contributed by atoms with Gasteiger partial charge in [-0.25, -0.2) is 9.89 Å². The summed E-state index contributed by atoms with van der Waals surface area (Å²) in [5.41, 5.74) is 0.609. The molecule has 118 valence electrons. The summed E-state index contributed by atoms with van der Waals surface area (Å²) in [5.74, 6) is 0.240. The maximum atomic E-state index is 12.8. The SMILES string of the molecule is Cc1c(Cl)c(C(=O)N2CCCC[C@H]2c2n[nH]c(=O)[nH]2)nn1C. The molecule has 2 N–H and O–H groups in total. The van der Waals surface area contributed by atoms with E-state index < -0.39 is 0 Å². The maximum Gasteiger partial charge on any atom is 0.340 e. The molecule has 2 aromatic heterocycles. The van der Waals surface area contributed by atoms with Crippen LogP contribution in [0.5, 0.6) is 0 Å². The number of H-pyrrole nitrogens is 2. The van der Waals surface area contributed by atoms with E-state index in [1.165, 1.54) is 0 Å². The van der Waals surface area contributed by atoms with Crippen LogP contribution in [0, 0.1) is 6.92 Å². The Morgan fingerprint density at radius 2 is 2.18 bits per heavy atom. The minimum atomic E-state index is -0.375. The van der Waals surface area contributed by atoms with Crippen LogP contribution in [0.2, 0.25) is 5.02 Å². The molecular formula is C13H17ClN6O2. The summed E-state index contributed by atoms with van der Waals surface area (Å²) in [6, 6.07) is -0.265. The smallest absolute Gasteiger partial charge is 0.327 e. The molecule has 22 heavy (non-hydrogen) atoms. The zero-order valence-electron chi connectivity index (χ0n) is 12.4. The fourth-order valence-electron chi connectivity index (χ4n) is 2.75. The number of hydrogen-bond donors (Lipinski definition) is 2. The Labute approximate surface area is 131 Å². The Hall–Kier alpha value is -2.09. The topological polar surface area (TPSA) is 99.7 Å². The lowest BCUT2D eigenvalue weighted by Crippen LogP contribution is -2.39. The van der Waals surface area contributed by atoms with Crippen LogP contribution < -0.4 is 5.69 Å². The van der Waals surface area contributed by atoms with Crippen molar-refractivity contribution in [1.29, 1.82) is 0 Å². The molecule has 3 heterocycles. The molecule has 1 atom stereocenters. The molecule has 0 unspecified atom stereocenters. The van der Waals surface area contributed by atoms with Crippen molar-refractivity contribution in [3.63, 3.8) is 0 Å². The highest BCUT2D eigenvalue weighted by Crippen LogP contribution is 2.31. The molecule has 8 nitrogen and oxygen atoms in total. The number of halogens is 1. The fourth-order valence-corrected chi connectivity index (χ4v) is 3.00. The van der Waals surface area contributed by atoms with Gasteiger partial charge in [-0.3, -0.25) is 14.5 Å². The van der Waals surface area contributed by atoms with Crippen LogP contribution in [0.4, 0.5) is 0 Å². The van der Waals surface area contributed by atoms with Crippen molar-refractivity contribution in [2.75, 3.05) is 6.54 Å². The zero-order valence-corrected chi connectivity index (χ0v) is 13.1. The molecular weight excluding hydrogens is 308 g/mol. The molecule has 1 fully saturated rings. The first-order valence-electron chi connectivity index (χ1n) is 7.13. The van der Waals surface area contributed by atoms with E-state index >= 15 is 0 Å². The minimum absolute atomic E-state index is 0.234. The number of aryl methyl sites for hydroxylation is 1. The second-order valence-electron chi connectivity index (χ2n) is 5.44. The molecule has 0 saturated carbocycles. The van der Waals surface area contributed by atoms with Crippen molar-refractivity contribution in [1.82, 2.24) is 29.9 Å². The van der Waals surface area contributed by atoms with Crippen LogP contribution in [-0.2, 0) is 7.05 Å². The Morgan fingerprint density at radius 3 is 2.77 bits per heavy atom. The van der Waals surface area contributed by atoms with E-state index in [9.17, 15) is 9.59 Å². The van der Waals surface area contributed by atoms with Gasteiger partial charge in [0.15, 0.2) is 11.5 Å². The predicted molar refractivity (Wildman–Crippen MR) is 79.8 cm³/mol. The monoisotopic (exact) mass is 324 g/mol. The number of hydrogen-bond acceptors (Lipinski definition) is 4. The number of likely N-dealkylation sites (tertiary alicyclic amines) is 1. The van der Waals surface area contributed by atoms with Crippen LogP contribution in [0.25, 0.3) is 0 Å². The molecule has 0 aliphatic carbocycles. The lowest BCUT2D eigenvalue weighted by atomic mass is 10.0. The summed E-state index contributed by atoms with van der Waals surface area (Å²) < 4.78 is 1.59. The summed E-state index contributed by atoms with van der Waals surface area (Å²) in [6.07, 6.45) is 2.62. The Balaban J connectivity index is 1.94. The highest BCUT2D eigenvalue weighted by molar-refractivity contribution is 6.34. The van der Waals surface area contributed by atoms with E-state index in [-0.39, 0.29) is 23.3 Å². The standard InChI is InChI=1S/C13H17ClN6O2/c1-7-9(14)10(18-19(7)2)12(21)20-6-4-3-5-8(20)11-15-13(22)17-16-11/h8H,3-6H2,1-2H3,(H2,15,16,17,22)/t8-/m0/s1. The lowest BCUT2D eigenvalue weighted by Gasteiger charge is -2.33. The van der Waals surface area contributed by atoms with E-state index in [2.05, 4.69) is 20.3 Å². The van der Waals surface area contributed by atoms with E-state index in [0.29, 0.717) is 17.4 Å². The Morgan fingerprint density at radius 1 is 1.41 bits per heavy atom. The van der Waals surface area contributed by atoms with E-state index in [4.69, 9.17) is 11.6 Å². The van der Waals surface area contributed by atoms with Crippen LogP contribution >= 0.6 is 11.6 Å². The summed E-state index contributed by atoms with van der Waals surface area (Å²) in [6.45, 7) is 2.40. The van der Waals surface area contributed by atoms with Gasteiger partial charge in [0.1, 0.15) is 0 Å². The third-order valence-corrected chi connectivity index (χ3v) is 4.51. The first-order chi connectivity index (χ1) is 10.5. The van der Waals surface area contributed by atoms with Crippen molar-refractivity contribution in [3.05, 3.63) is 32.7 Å². The van der Waals surface area contributed by atoms with Gasteiger partial charge in [0.25, 0.3) is 5.91 Å². The van der Waals surface area contributed by atoms with Gasteiger partial charge in [-0.05, 0) is 26.2 Å². The number of nitrogens with zero attached hydrogens (tertiary/aromatic N) is 4. The molecule has 9 heteroatoms. The van der Waals surface area contributed by atoms with E-state index in [1.54, 1.807) is 16.6 Å². The average molecular weight is 325 g/mol. The number of aromatic nitrogens is 5. The third-order valence-electron chi connectivity index (χ3n) is 4.06. The van der Waals surface area contributed by atoms with E-state index in [1.807, 2.05) is 6.92 Å². The second-order valence-corrected chi connectivity index (χ2v) is 5.82. The molecule has 0 radical (unpaired) electrons. The normalized spacial score (nSPS) is 18.7. The summed E-state index contributed by atoms with van der Waals surface area (Å²) in [4.78, 5) is 28.4. The maximum absolute atomic E-state index is 12.8. The molecule has 3 rings (SSSR count). The van der Waals surface area contributed by atoms with E-state index in [0.717, 1.165) is 25.0 Å². The van der Waals surface area contributed by atoms with Crippen molar-refractivity contribution in [2.24, 2.45) is 7.05 Å². The Bertz CT molecular complexity index is 761. The summed E-state index contributed by atoms with van der Waals surface area (Å²) >= 11 is 6.22. The van der Waals surface area contributed by atoms with Crippen LogP contribution in [-0.4, -0.2) is 42.3 Å². The molecule has 1 aliphatic rings. The number of carbonyl (C=O) groups is 1. The molecule has 2 aromatic rings. The predicted octanol–water partition coefficient (Wildman–Crippen LogP) is 1.16. The van der Waals surface area contributed by atoms with Crippen molar-refractivity contribution >= 4 is 17.5 Å². The summed E-state index contributed by atoms with van der Waals surface area (Å²) in [5, 5.41) is 10.9. The third kappa shape index (κ3) is 2.43. The van der Waals surface area contributed by atoms with Gasteiger partial charge in [-0.15, -0.1) is 0 Å². The van der Waals surface area contributed by atoms with Gasteiger partial charge in [0, 0.05) is 13.6 Å². The van der Waals surface area contributed by atoms with Gasteiger partial charge >= 0.3 is 5.69 Å². The van der Waals surface area contributed by atoms with Gasteiger partial charge in [-0.2, -0.15) is 10.2 Å². The fraction of sp³-hybridized carbons (Fsp3) is 0.538. The lowest BCUT2D eigenvalue weighted by molar-refractivity contribution is 0.0593. The quantitative estimate of drug-likeness (QED) is 0.865. The van der Waals surface area contributed by atoms with Gasteiger partial charge in [-0.1, -0.05) is 11.6 Å². The van der Waals surface area contributed by atoms with Crippen molar-refractivity contribution in [3.8, 4) is 0 Å². The largest absolute Gasteiger partial charge is 0.340 e. The first-order valence-corrected chi connectivity index (χ1v) is 7.51. The molecule has 0 bridgehead atoms. The number of amides is 1. The molecule has 1 saturated heterocycles. The number of carbonyl (C=O) groups excluding carboxylic acids is 1. The van der Waals surface area contributed by atoms with Gasteiger partial charge < -0.3 is 4.90 Å². The van der Waals surface area contributed by atoms with Gasteiger partial charge in [0.2, 0.25) is 0 Å². The summed E-state index contributed by atoms with van der Waals surface area (Å²) in [7, 11) is 1.75. The number of nitrogens with one attached hydrogen (secondary N) is 2. The highest BCUT2D eigenvalue weighted by Gasteiger charge is 2.33. The zero-order chi connectivity index (χ0) is 15.9. The molecule has 1 amide bonds. The van der Waals surface area contributed by atoms with Crippen LogP contribution in [0.15, 0.2) is 4.79 Å². The van der Waals surface area contributed by atoms with Gasteiger partial charge in [0.05, 0.1) is 16.8 Å². The number of piperidine rings is 1. The molecule has 0 spiro atoms. The van der Waals surface area contributed by atoms with Crippen molar-refractivity contribution in [2.45, 2.75) is 32.2 Å². The van der Waals surface area contributed by atoms with Crippen LogP contribution in [0.1, 0.15) is 47.3 Å². The van der Waals surface area contributed by atoms with Crippen molar-refractivity contribution < 1.29 is 4.79 Å². The highest BCUT2D eigenvalue weighted by atomic mass is 35.5. The second kappa shape index (κ2) is 5.60. The van der Waals surface area contributed by atoms with Crippen LogP contribution in [0.3, 0.4) is 0 Å². The average Bonchev–Trinajstić information content (AvgIpc) is 3.06. The molecule has 1 aliphatic heterocycles. The number of rotatable bonds is 2. The molecule has 0 aromatic carbocycles. The number of aromatic amines is 2. The minimum Gasteiger partial charge on any atom is -0.327 e.